The molecule has 1 aromatic carbocycles. The highest BCUT2D eigenvalue weighted by Crippen LogP contribution is 2.25. The maximum Gasteiger partial charge on any atom is 0.160 e. The number of rotatable bonds is 6. The van der Waals surface area contributed by atoms with Crippen molar-refractivity contribution >= 4 is 0 Å². The minimum Gasteiger partial charge on any atom is -0.504 e. The molecule has 16 heavy (non-hydrogen) atoms. The van der Waals surface area contributed by atoms with E-state index in [4.69, 9.17) is 11.2 Å². The highest BCUT2D eigenvalue weighted by atomic mass is 16.5. The monoisotopic (exact) mass is 219 g/mol. The summed E-state index contributed by atoms with van der Waals surface area (Å²) in [6.45, 7) is 1.65. The lowest BCUT2D eigenvalue weighted by molar-refractivity contribution is 0.373. The summed E-state index contributed by atoms with van der Waals surface area (Å²) in [6.07, 6.45) is 6.93. The van der Waals surface area contributed by atoms with Gasteiger partial charge in [-0.25, -0.2) is 0 Å². The van der Waals surface area contributed by atoms with Gasteiger partial charge in [0.25, 0.3) is 0 Å². The molecule has 0 saturated carbocycles. The SMILES string of the molecule is C#CCCCNCc1ccc(O)c(OC)c1. The molecular formula is C13H17NO2. The Kier molecular flexibility index (Phi) is 5.24. The van der Waals surface area contributed by atoms with Gasteiger partial charge < -0.3 is 15.2 Å². The number of benzene rings is 1. The number of hydrogen-bond donors (Lipinski definition) is 2. The topological polar surface area (TPSA) is 41.5 Å². The average Bonchev–Trinajstić information content (AvgIpc) is 2.31. The molecule has 0 aliphatic heterocycles. The molecule has 0 radical (unpaired) electrons. The summed E-state index contributed by atoms with van der Waals surface area (Å²) in [5.41, 5.74) is 1.08. The summed E-state index contributed by atoms with van der Waals surface area (Å²) in [4.78, 5) is 0. The fraction of sp³-hybridized carbons (Fsp3) is 0.385. The van der Waals surface area contributed by atoms with Crippen molar-refractivity contribution in [2.45, 2.75) is 19.4 Å². The largest absolute Gasteiger partial charge is 0.504 e. The van der Waals surface area contributed by atoms with Crippen LogP contribution < -0.4 is 10.1 Å². The number of unbranched alkanes of at least 4 members (excludes halogenated alkanes) is 1. The molecule has 3 nitrogen and oxygen atoms in total. The molecule has 0 spiro atoms. The van der Waals surface area contributed by atoms with Crippen LogP contribution in [0.1, 0.15) is 18.4 Å². The first-order valence-corrected chi connectivity index (χ1v) is 5.28. The fourth-order valence-electron chi connectivity index (χ4n) is 1.38. The van der Waals surface area contributed by atoms with E-state index in [-0.39, 0.29) is 5.75 Å². The van der Waals surface area contributed by atoms with Gasteiger partial charge in [-0.15, -0.1) is 12.3 Å². The highest BCUT2D eigenvalue weighted by Gasteiger charge is 2.01. The maximum atomic E-state index is 9.41. The number of ether oxygens (including phenoxy) is 1. The molecule has 0 aliphatic carbocycles. The van der Waals surface area contributed by atoms with Gasteiger partial charge in [-0.1, -0.05) is 6.07 Å². The molecule has 0 fully saturated rings. The van der Waals surface area contributed by atoms with Crippen molar-refractivity contribution in [1.82, 2.24) is 5.32 Å². The minimum atomic E-state index is 0.165. The molecule has 2 N–H and O–H groups in total. The second kappa shape index (κ2) is 6.76. The van der Waals surface area contributed by atoms with Crippen LogP contribution in [0, 0.1) is 12.3 Å². The molecule has 0 amide bonds. The van der Waals surface area contributed by atoms with E-state index in [9.17, 15) is 5.11 Å². The van der Waals surface area contributed by atoms with Crippen LogP contribution in [-0.2, 0) is 6.54 Å². The number of phenols is 1. The standard InChI is InChI=1S/C13H17NO2/c1-3-4-5-8-14-10-11-6-7-12(15)13(9-11)16-2/h1,6-7,9,14-15H,4-5,8,10H2,2H3. The molecule has 0 aliphatic rings. The van der Waals surface area contributed by atoms with Gasteiger partial charge in [-0.05, 0) is 30.7 Å². The van der Waals surface area contributed by atoms with Gasteiger partial charge in [0, 0.05) is 13.0 Å². The zero-order chi connectivity index (χ0) is 11.8. The molecular weight excluding hydrogens is 202 g/mol. The lowest BCUT2D eigenvalue weighted by atomic mass is 10.2. The Morgan fingerprint density at radius 1 is 1.50 bits per heavy atom. The molecule has 1 rings (SSSR count). The van der Waals surface area contributed by atoms with Crippen molar-refractivity contribution in [1.29, 1.82) is 0 Å². The number of phenolic OH excluding ortho intramolecular Hbond substituents is 1. The summed E-state index contributed by atoms with van der Waals surface area (Å²) >= 11 is 0. The van der Waals surface area contributed by atoms with Gasteiger partial charge in [0.2, 0.25) is 0 Å². The van der Waals surface area contributed by atoms with Crippen LogP contribution in [0.15, 0.2) is 18.2 Å². The van der Waals surface area contributed by atoms with Crippen LogP contribution in [0.4, 0.5) is 0 Å². The van der Waals surface area contributed by atoms with Gasteiger partial charge in [0.05, 0.1) is 7.11 Å². The molecule has 86 valence electrons. The summed E-state index contributed by atoms with van der Waals surface area (Å²) in [5, 5.41) is 12.7. The van der Waals surface area contributed by atoms with Gasteiger partial charge >= 0.3 is 0 Å². The Labute approximate surface area is 96.4 Å². The summed E-state index contributed by atoms with van der Waals surface area (Å²) in [5.74, 6) is 3.27. The van der Waals surface area contributed by atoms with E-state index in [1.54, 1.807) is 13.2 Å². The minimum absolute atomic E-state index is 0.165. The van der Waals surface area contributed by atoms with E-state index in [1.165, 1.54) is 0 Å². The molecule has 0 aromatic heterocycles. The van der Waals surface area contributed by atoms with Crippen LogP contribution in [-0.4, -0.2) is 18.8 Å². The molecule has 1 aromatic rings. The van der Waals surface area contributed by atoms with Crippen LogP contribution in [0.25, 0.3) is 0 Å². The molecule has 0 saturated heterocycles. The first-order chi connectivity index (χ1) is 7.77. The van der Waals surface area contributed by atoms with Crippen molar-refractivity contribution in [3.05, 3.63) is 23.8 Å². The van der Waals surface area contributed by atoms with Crippen LogP contribution in [0.3, 0.4) is 0 Å². The first kappa shape index (κ1) is 12.4. The number of terminal acetylenes is 1. The third-order valence-electron chi connectivity index (χ3n) is 2.25. The van der Waals surface area contributed by atoms with Crippen LogP contribution in [0.2, 0.25) is 0 Å². The quantitative estimate of drug-likeness (QED) is 0.567. The number of nitrogens with one attached hydrogen (secondary N) is 1. The zero-order valence-corrected chi connectivity index (χ0v) is 9.49. The van der Waals surface area contributed by atoms with Gasteiger partial charge in [0.1, 0.15) is 0 Å². The van der Waals surface area contributed by atoms with Crippen molar-refractivity contribution < 1.29 is 9.84 Å². The molecule has 3 heteroatoms. The smallest absolute Gasteiger partial charge is 0.160 e. The van der Waals surface area contributed by atoms with Gasteiger partial charge in [-0.2, -0.15) is 0 Å². The molecule has 0 heterocycles. The van der Waals surface area contributed by atoms with E-state index < -0.39 is 0 Å². The Hall–Kier alpha value is -1.66. The van der Waals surface area contributed by atoms with E-state index in [2.05, 4.69) is 11.2 Å². The first-order valence-electron chi connectivity index (χ1n) is 5.28. The Balaban J connectivity index is 2.40. The molecule has 0 atom stereocenters. The second-order valence-electron chi connectivity index (χ2n) is 3.49. The van der Waals surface area contributed by atoms with Crippen molar-refractivity contribution in [3.8, 4) is 23.8 Å². The predicted octanol–water partition coefficient (Wildman–Crippen LogP) is 1.90. The maximum absolute atomic E-state index is 9.41. The summed E-state index contributed by atoms with van der Waals surface area (Å²) in [7, 11) is 1.54. The Morgan fingerprint density at radius 2 is 2.31 bits per heavy atom. The molecule has 0 bridgehead atoms. The normalized spacial score (nSPS) is 9.75. The second-order valence-corrected chi connectivity index (χ2v) is 3.49. The Morgan fingerprint density at radius 3 is 3.00 bits per heavy atom. The third kappa shape index (κ3) is 3.84. The number of methoxy groups -OCH3 is 1. The summed E-state index contributed by atoms with van der Waals surface area (Å²) in [6, 6.07) is 5.33. The van der Waals surface area contributed by atoms with E-state index >= 15 is 0 Å². The van der Waals surface area contributed by atoms with Crippen molar-refractivity contribution in [2.75, 3.05) is 13.7 Å². The lowest BCUT2D eigenvalue weighted by Crippen LogP contribution is -2.14. The van der Waals surface area contributed by atoms with Crippen molar-refractivity contribution in [2.24, 2.45) is 0 Å². The van der Waals surface area contributed by atoms with E-state index in [1.807, 2.05) is 12.1 Å². The third-order valence-corrected chi connectivity index (χ3v) is 2.25. The Bertz CT molecular complexity index is 369. The van der Waals surface area contributed by atoms with Gasteiger partial charge in [0.15, 0.2) is 11.5 Å². The average molecular weight is 219 g/mol. The van der Waals surface area contributed by atoms with Crippen LogP contribution in [0.5, 0.6) is 11.5 Å². The zero-order valence-electron chi connectivity index (χ0n) is 9.49. The van der Waals surface area contributed by atoms with E-state index in [0.29, 0.717) is 5.75 Å². The predicted molar refractivity (Wildman–Crippen MR) is 64.4 cm³/mol. The lowest BCUT2D eigenvalue weighted by Gasteiger charge is -2.07. The summed E-state index contributed by atoms with van der Waals surface area (Å²) < 4.78 is 5.03. The van der Waals surface area contributed by atoms with Crippen molar-refractivity contribution in [3.63, 3.8) is 0 Å². The van der Waals surface area contributed by atoms with Gasteiger partial charge in [-0.3, -0.25) is 0 Å². The highest BCUT2D eigenvalue weighted by molar-refractivity contribution is 5.41. The fourth-order valence-corrected chi connectivity index (χ4v) is 1.38. The molecule has 0 unspecified atom stereocenters. The number of aromatic hydroxyl groups is 1. The van der Waals surface area contributed by atoms with Crippen LogP contribution >= 0.6 is 0 Å². The van der Waals surface area contributed by atoms with E-state index in [0.717, 1.165) is 31.5 Å². The number of hydrogen-bond acceptors (Lipinski definition) is 3.